The zero-order chi connectivity index (χ0) is 78.8. The lowest BCUT2D eigenvalue weighted by atomic mass is 9.33. The van der Waals surface area contributed by atoms with Gasteiger partial charge in [0.25, 0.3) is 6.71 Å². The molecule has 15 aromatic rings. The molecule has 0 saturated heterocycles. The zero-order valence-electron chi connectivity index (χ0n) is 70.0. The maximum absolute atomic E-state index is 2.80. The summed E-state index contributed by atoms with van der Waals surface area (Å²) in [5.41, 5.74) is 35.1. The van der Waals surface area contributed by atoms with Crippen LogP contribution in [0.25, 0.3) is 99.5 Å². The highest BCUT2D eigenvalue weighted by atomic mass is 15.2. The highest BCUT2D eigenvalue weighted by Crippen LogP contribution is 2.56. The minimum atomic E-state index is -0.256. The quantitative estimate of drug-likeness (QED) is 0.134. The smallest absolute Gasteiger partial charge is 0.252 e. The fourth-order valence-corrected chi connectivity index (χ4v) is 18.0. The molecule has 0 unspecified atom stereocenters. The molecule has 13 aromatic carbocycles. The van der Waals surface area contributed by atoms with Gasteiger partial charge in [0.1, 0.15) is 0 Å². The molecule has 0 bridgehead atoms. The third-order valence-corrected chi connectivity index (χ3v) is 24.1. The van der Waals surface area contributed by atoms with Gasteiger partial charge in [0.2, 0.25) is 0 Å². The van der Waals surface area contributed by atoms with Crippen molar-refractivity contribution in [3.05, 3.63) is 306 Å². The van der Waals surface area contributed by atoms with E-state index in [2.05, 4.69) is 431 Å². The standard InChI is InChI=1S/C107H109BN4/c1-101(2,3)66-67-54-96-98-97(55-67)112(100-86(70-36-32-40-74(58-70)104(10,11)12)62-77(107(19,20)21)63-87(100)71-37-33-41-75(59-71)105(13,14)15)95-65-79(110-92-48-28-24-44-82(92)83-45-25-29-49-93(83)110)51-53-89(95)108(98)88-52-50-78(109-90-46-26-22-42-80(90)81-43-23-27-47-91(81)109)64-94(88)111(96)99-84(68-34-30-38-72(56-68)102(4,5)6)60-76(106(16,17)18)61-85(99)69-35-31-39-73(57-69)103(7,8)9/h22-65H,66H2,1-21H3. The van der Waals surface area contributed by atoms with Crippen LogP contribution in [0.15, 0.2) is 267 Å². The van der Waals surface area contributed by atoms with Gasteiger partial charge < -0.3 is 18.9 Å². The summed E-state index contributed by atoms with van der Waals surface area (Å²) in [5, 5.41) is 4.94. The van der Waals surface area contributed by atoms with Gasteiger partial charge in [-0.15, -0.1) is 0 Å². The first-order valence-corrected chi connectivity index (χ1v) is 40.8. The van der Waals surface area contributed by atoms with E-state index in [1.165, 1.54) is 155 Å². The van der Waals surface area contributed by atoms with Crippen molar-refractivity contribution in [2.75, 3.05) is 9.80 Å². The maximum Gasteiger partial charge on any atom is 0.252 e. The van der Waals surface area contributed by atoms with Crippen molar-refractivity contribution in [2.24, 2.45) is 5.41 Å². The molecule has 0 atom stereocenters. The monoisotopic (exact) mass is 1460 g/mol. The van der Waals surface area contributed by atoms with E-state index in [4.69, 9.17) is 0 Å². The molecule has 0 N–H and O–H groups in total. The molecule has 0 fully saturated rings. The summed E-state index contributed by atoms with van der Waals surface area (Å²) in [6.07, 6.45) is 0.815. The van der Waals surface area contributed by atoms with Gasteiger partial charge in [0, 0.05) is 77.9 Å². The van der Waals surface area contributed by atoms with Crippen LogP contribution in [-0.4, -0.2) is 15.8 Å². The van der Waals surface area contributed by atoms with E-state index < -0.39 is 0 Å². The number of para-hydroxylation sites is 4. The van der Waals surface area contributed by atoms with Crippen molar-refractivity contribution in [2.45, 2.75) is 184 Å². The first-order chi connectivity index (χ1) is 53.0. The number of aromatic nitrogens is 2. The molecule has 0 saturated carbocycles. The van der Waals surface area contributed by atoms with Gasteiger partial charge in [-0.2, -0.15) is 0 Å². The number of fused-ring (bicyclic) bond motifs is 10. The topological polar surface area (TPSA) is 16.3 Å². The Hall–Kier alpha value is -10.9. The largest absolute Gasteiger partial charge is 0.310 e. The second-order valence-corrected chi connectivity index (χ2v) is 39.8. The molecule has 560 valence electrons. The third kappa shape index (κ3) is 12.9. The number of anilines is 6. The Kier molecular flexibility index (Phi) is 17.4. The molecule has 112 heavy (non-hydrogen) atoms. The van der Waals surface area contributed by atoms with E-state index >= 15 is 0 Å². The third-order valence-electron chi connectivity index (χ3n) is 24.1. The molecule has 5 heteroatoms. The Balaban J connectivity index is 1.10. The second kappa shape index (κ2) is 26.4. The molecule has 2 aliphatic heterocycles. The average Bonchev–Trinajstić information content (AvgIpc) is 0.704. The van der Waals surface area contributed by atoms with Crippen molar-refractivity contribution < 1.29 is 0 Å². The van der Waals surface area contributed by atoms with Crippen molar-refractivity contribution in [3.8, 4) is 55.9 Å². The minimum absolute atomic E-state index is 0.125. The lowest BCUT2D eigenvalue weighted by Gasteiger charge is -2.46. The molecular formula is C107H109BN4. The number of nitrogens with zero attached hydrogens (tertiary/aromatic N) is 4. The zero-order valence-corrected chi connectivity index (χ0v) is 70.0. The van der Waals surface area contributed by atoms with Gasteiger partial charge >= 0.3 is 0 Å². The molecule has 2 aliphatic rings. The van der Waals surface area contributed by atoms with Crippen molar-refractivity contribution in [1.29, 1.82) is 0 Å². The van der Waals surface area contributed by atoms with Gasteiger partial charge in [0.15, 0.2) is 0 Å². The molecule has 4 heterocycles. The van der Waals surface area contributed by atoms with Crippen LogP contribution in [0.1, 0.15) is 184 Å². The summed E-state index contributed by atoms with van der Waals surface area (Å²) < 4.78 is 5.07. The minimum Gasteiger partial charge on any atom is -0.310 e. The Labute approximate surface area is 666 Å². The molecule has 2 aromatic heterocycles. The SMILES string of the molecule is CC(C)(C)Cc1cc2c3c(c1)N(c1c(-c4cccc(C(C)(C)C)c4)cc(C(C)(C)C)cc1-c1cccc(C(C)(C)C)c1)c1cc(-n4c5ccccc5c5ccccc54)ccc1B3c1ccc(-n3c4ccccc4c4ccccc43)cc1N2c1c(-c2cccc(C(C)(C)C)c2)cc(C(C)(C)C)cc1-c1cccc(C(C)(C)C)c1. The van der Waals surface area contributed by atoms with Crippen LogP contribution in [0.5, 0.6) is 0 Å². The summed E-state index contributed by atoms with van der Waals surface area (Å²) in [6, 6.07) is 105. The number of rotatable bonds is 9. The fourth-order valence-electron chi connectivity index (χ4n) is 18.0. The van der Waals surface area contributed by atoms with Gasteiger partial charge in [0.05, 0.1) is 33.4 Å². The predicted molar refractivity (Wildman–Crippen MR) is 486 cm³/mol. The van der Waals surface area contributed by atoms with Gasteiger partial charge in [-0.1, -0.05) is 327 Å². The van der Waals surface area contributed by atoms with Crippen LogP contribution in [0, 0.1) is 5.41 Å². The van der Waals surface area contributed by atoms with Crippen molar-refractivity contribution >= 4 is 101 Å². The van der Waals surface area contributed by atoms with E-state index in [-0.39, 0.29) is 44.6 Å². The summed E-state index contributed by atoms with van der Waals surface area (Å²) in [5.74, 6) is 0. The Bertz CT molecular complexity index is 5660. The van der Waals surface area contributed by atoms with Crippen LogP contribution in [0.2, 0.25) is 0 Å². The Morgan fingerprint density at radius 1 is 0.250 bits per heavy atom. The molecule has 17 rings (SSSR count). The molecular weight excluding hydrogens is 1350 g/mol. The van der Waals surface area contributed by atoms with E-state index in [9.17, 15) is 0 Å². The van der Waals surface area contributed by atoms with E-state index in [1.54, 1.807) is 0 Å². The Morgan fingerprint density at radius 2 is 0.527 bits per heavy atom. The van der Waals surface area contributed by atoms with Crippen LogP contribution in [0.4, 0.5) is 34.1 Å². The first kappa shape index (κ1) is 73.9. The van der Waals surface area contributed by atoms with E-state index in [0.29, 0.717) is 0 Å². The van der Waals surface area contributed by atoms with Crippen molar-refractivity contribution in [3.63, 3.8) is 0 Å². The van der Waals surface area contributed by atoms with E-state index in [0.717, 1.165) is 40.5 Å². The molecule has 0 amide bonds. The Morgan fingerprint density at radius 3 is 0.795 bits per heavy atom. The fraction of sp³-hybridized carbons (Fsp3) is 0.271. The van der Waals surface area contributed by atoms with Crippen molar-refractivity contribution in [1.82, 2.24) is 9.13 Å². The van der Waals surface area contributed by atoms with Gasteiger partial charge in [-0.25, -0.2) is 0 Å². The number of hydrogen-bond acceptors (Lipinski definition) is 2. The number of benzene rings is 13. The molecule has 0 aliphatic carbocycles. The predicted octanol–water partition coefficient (Wildman–Crippen LogP) is 28.0. The van der Waals surface area contributed by atoms with E-state index in [1.807, 2.05) is 0 Å². The molecule has 4 nitrogen and oxygen atoms in total. The highest BCUT2D eigenvalue weighted by molar-refractivity contribution is 7.00. The van der Waals surface area contributed by atoms with Crippen LogP contribution in [-0.2, 0) is 38.9 Å². The maximum atomic E-state index is 2.80. The lowest BCUT2D eigenvalue weighted by molar-refractivity contribution is 0.411. The van der Waals surface area contributed by atoms with Gasteiger partial charge in [-0.05, 0) is 207 Å². The molecule has 0 spiro atoms. The lowest BCUT2D eigenvalue weighted by Crippen LogP contribution is -2.61. The van der Waals surface area contributed by atoms with Gasteiger partial charge in [-0.3, -0.25) is 0 Å². The summed E-state index contributed by atoms with van der Waals surface area (Å²) in [6.45, 7) is 49.7. The summed E-state index contributed by atoms with van der Waals surface area (Å²) in [4.78, 5) is 5.61. The number of hydrogen-bond donors (Lipinski definition) is 0. The highest BCUT2D eigenvalue weighted by Gasteiger charge is 2.47. The molecule has 0 radical (unpaired) electrons. The average molecular weight is 1460 g/mol. The van der Waals surface area contributed by atoms with Crippen LogP contribution >= 0.6 is 0 Å². The summed E-state index contributed by atoms with van der Waals surface area (Å²) >= 11 is 0. The van der Waals surface area contributed by atoms with Crippen LogP contribution in [0.3, 0.4) is 0 Å². The first-order valence-electron chi connectivity index (χ1n) is 40.8. The normalized spacial score (nSPS) is 13.6. The second-order valence-electron chi connectivity index (χ2n) is 39.8. The summed E-state index contributed by atoms with van der Waals surface area (Å²) in [7, 11) is 0. The van der Waals surface area contributed by atoms with Crippen LogP contribution < -0.4 is 26.2 Å².